The molecule has 0 fully saturated rings. The van der Waals surface area contributed by atoms with E-state index in [1.807, 2.05) is 0 Å². The average molecular weight is 282 g/mol. The first kappa shape index (κ1) is 14.0. The van der Waals surface area contributed by atoms with Gasteiger partial charge >= 0.3 is 0 Å². The standard InChI is InChI=1S/C19H22O2/c1-14(2)16-4-6-18(7-5-16)20-11-9-15-3-8-19-17(13-15)10-12-21-19/h3-8,13-14H,9-12H2,1-2H3. The quantitative estimate of drug-likeness (QED) is 0.811. The minimum absolute atomic E-state index is 0.563. The van der Waals surface area contributed by atoms with Gasteiger partial charge in [-0.15, -0.1) is 0 Å². The zero-order valence-corrected chi connectivity index (χ0v) is 12.8. The van der Waals surface area contributed by atoms with E-state index in [2.05, 4.69) is 56.3 Å². The van der Waals surface area contributed by atoms with Crippen LogP contribution in [0.2, 0.25) is 0 Å². The van der Waals surface area contributed by atoms with Crippen molar-refractivity contribution in [1.82, 2.24) is 0 Å². The maximum absolute atomic E-state index is 5.83. The molecule has 0 bridgehead atoms. The lowest BCUT2D eigenvalue weighted by Crippen LogP contribution is -2.01. The highest BCUT2D eigenvalue weighted by Gasteiger charge is 2.11. The fourth-order valence-electron chi connectivity index (χ4n) is 2.63. The molecule has 0 spiro atoms. The molecule has 3 rings (SSSR count). The van der Waals surface area contributed by atoms with Gasteiger partial charge < -0.3 is 9.47 Å². The summed E-state index contributed by atoms with van der Waals surface area (Å²) in [6, 6.07) is 14.9. The van der Waals surface area contributed by atoms with Crippen LogP contribution in [-0.4, -0.2) is 13.2 Å². The van der Waals surface area contributed by atoms with E-state index in [9.17, 15) is 0 Å². The van der Waals surface area contributed by atoms with E-state index in [1.165, 1.54) is 16.7 Å². The summed E-state index contributed by atoms with van der Waals surface area (Å²) in [5, 5.41) is 0. The van der Waals surface area contributed by atoms with Gasteiger partial charge in [0.2, 0.25) is 0 Å². The molecule has 110 valence electrons. The Kier molecular flexibility index (Phi) is 4.14. The van der Waals surface area contributed by atoms with Gasteiger partial charge in [0, 0.05) is 12.8 Å². The molecule has 0 radical (unpaired) electrons. The van der Waals surface area contributed by atoms with Gasteiger partial charge in [0.25, 0.3) is 0 Å². The van der Waals surface area contributed by atoms with E-state index in [4.69, 9.17) is 9.47 Å². The van der Waals surface area contributed by atoms with Crippen LogP contribution >= 0.6 is 0 Å². The van der Waals surface area contributed by atoms with Crippen molar-refractivity contribution in [3.05, 3.63) is 59.2 Å². The van der Waals surface area contributed by atoms with Gasteiger partial charge in [0.1, 0.15) is 11.5 Å². The van der Waals surface area contributed by atoms with Crippen LogP contribution in [0.4, 0.5) is 0 Å². The van der Waals surface area contributed by atoms with Crippen molar-refractivity contribution in [2.24, 2.45) is 0 Å². The zero-order valence-electron chi connectivity index (χ0n) is 12.8. The van der Waals surface area contributed by atoms with Gasteiger partial charge in [0.15, 0.2) is 0 Å². The van der Waals surface area contributed by atoms with E-state index in [-0.39, 0.29) is 0 Å². The molecule has 0 saturated carbocycles. The first-order valence-corrected chi connectivity index (χ1v) is 7.70. The molecule has 0 unspecified atom stereocenters. The largest absolute Gasteiger partial charge is 0.493 e. The van der Waals surface area contributed by atoms with Crippen molar-refractivity contribution in [3.63, 3.8) is 0 Å². The molecule has 0 saturated heterocycles. The molecule has 1 aliphatic rings. The average Bonchev–Trinajstić information content (AvgIpc) is 2.95. The second kappa shape index (κ2) is 6.21. The van der Waals surface area contributed by atoms with Gasteiger partial charge in [-0.25, -0.2) is 0 Å². The molecule has 1 aliphatic heterocycles. The summed E-state index contributed by atoms with van der Waals surface area (Å²) in [6.45, 7) is 5.93. The molecule has 0 aliphatic carbocycles. The molecule has 0 N–H and O–H groups in total. The Morgan fingerprint density at radius 3 is 2.67 bits per heavy atom. The maximum Gasteiger partial charge on any atom is 0.122 e. The first-order chi connectivity index (χ1) is 10.2. The Balaban J connectivity index is 1.54. The third-order valence-electron chi connectivity index (χ3n) is 3.96. The van der Waals surface area contributed by atoms with Crippen LogP contribution in [-0.2, 0) is 12.8 Å². The van der Waals surface area contributed by atoms with E-state index >= 15 is 0 Å². The van der Waals surface area contributed by atoms with Gasteiger partial charge in [-0.3, -0.25) is 0 Å². The predicted octanol–water partition coefficient (Wildman–Crippen LogP) is 4.37. The summed E-state index contributed by atoms with van der Waals surface area (Å²) in [7, 11) is 0. The molecule has 1 heterocycles. The number of fused-ring (bicyclic) bond motifs is 1. The molecule has 2 aromatic rings. The number of hydrogen-bond acceptors (Lipinski definition) is 2. The minimum atomic E-state index is 0.563. The Bertz CT molecular complexity index is 599. The minimum Gasteiger partial charge on any atom is -0.493 e. The van der Waals surface area contributed by atoms with Gasteiger partial charge in [0.05, 0.1) is 13.2 Å². The Morgan fingerprint density at radius 2 is 1.90 bits per heavy atom. The van der Waals surface area contributed by atoms with Crippen molar-refractivity contribution in [1.29, 1.82) is 0 Å². The number of hydrogen-bond donors (Lipinski definition) is 0. The topological polar surface area (TPSA) is 18.5 Å². The van der Waals surface area contributed by atoms with Gasteiger partial charge in [-0.1, -0.05) is 38.1 Å². The highest BCUT2D eigenvalue weighted by atomic mass is 16.5. The third kappa shape index (κ3) is 3.38. The summed E-state index contributed by atoms with van der Waals surface area (Å²) in [5.74, 6) is 2.56. The van der Waals surface area contributed by atoms with E-state index < -0.39 is 0 Å². The summed E-state index contributed by atoms with van der Waals surface area (Å²) in [6.07, 6.45) is 1.96. The fraction of sp³-hybridized carbons (Fsp3) is 0.368. The third-order valence-corrected chi connectivity index (χ3v) is 3.96. The van der Waals surface area contributed by atoms with E-state index in [0.29, 0.717) is 12.5 Å². The van der Waals surface area contributed by atoms with E-state index in [1.54, 1.807) is 0 Å². The monoisotopic (exact) mass is 282 g/mol. The molecular weight excluding hydrogens is 260 g/mol. The molecule has 21 heavy (non-hydrogen) atoms. The molecular formula is C19H22O2. The summed E-state index contributed by atoms with van der Waals surface area (Å²) < 4.78 is 11.4. The van der Waals surface area contributed by atoms with Gasteiger partial charge in [-0.05, 0) is 40.8 Å². The van der Waals surface area contributed by atoms with Crippen LogP contribution in [0, 0.1) is 0 Å². The number of benzene rings is 2. The lowest BCUT2D eigenvalue weighted by Gasteiger charge is -2.09. The zero-order chi connectivity index (χ0) is 14.7. The van der Waals surface area contributed by atoms with Crippen LogP contribution in [0.1, 0.15) is 36.5 Å². The normalized spacial score (nSPS) is 13.1. The second-order valence-corrected chi connectivity index (χ2v) is 5.86. The molecule has 0 amide bonds. The van der Waals surface area contributed by atoms with Crippen LogP contribution in [0.25, 0.3) is 0 Å². The smallest absolute Gasteiger partial charge is 0.122 e. The Hall–Kier alpha value is -1.96. The molecule has 2 aromatic carbocycles. The second-order valence-electron chi connectivity index (χ2n) is 5.86. The maximum atomic E-state index is 5.83. The summed E-state index contributed by atoms with van der Waals surface area (Å²) in [5.41, 5.74) is 3.99. The highest BCUT2D eigenvalue weighted by molar-refractivity contribution is 5.39. The van der Waals surface area contributed by atoms with Crippen LogP contribution < -0.4 is 9.47 Å². The predicted molar refractivity (Wildman–Crippen MR) is 85.4 cm³/mol. The van der Waals surface area contributed by atoms with Crippen LogP contribution in [0.15, 0.2) is 42.5 Å². The van der Waals surface area contributed by atoms with Crippen LogP contribution in [0.5, 0.6) is 11.5 Å². The molecule has 2 heteroatoms. The SMILES string of the molecule is CC(C)c1ccc(OCCc2ccc3c(c2)CCO3)cc1. The fourth-order valence-corrected chi connectivity index (χ4v) is 2.63. The Morgan fingerprint density at radius 1 is 1.10 bits per heavy atom. The number of rotatable bonds is 5. The molecule has 2 nitrogen and oxygen atoms in total. The van der Waals surface area contributed by atoms with Crippen molar-refractivity contribution in [2.75, 3.05) is 13.2 Å². The number of ether oxygens (including phenoxy) is 2. The summed E-state index contributed by atoms with van der Waals surface area (Å²) in [4.78, 5) is 0. The Labute approximate surface area is 126 Å². The molecule has 0 atom stereocenters. The first-order valence-electron chi connectivity index (χ1n) is 7.70. The van der Waals surface area contributed by atoms with Crippen LogP contribution in [0.3, 0.4) is 0 Å². The molecule has 0 aromatic heterocycles. The summed E-state index contributed by atoms with van der Waals surface area (Å²) >= 11 is 0. The van der Waals surface area contributed by atoms with Crippen molar-refractivity contribution in [3.8, 4) is 11.5 Å². The lowest BCUT2D eigenvalue weighted by molar-refractivity contribution is 0.321. The van der Waals surface area contributed by atoms with Crippen molar-refractivity contribution >= 4 is 0 Å². The van der Waals surface area contributed by atoms with Crippen molar-refractivity contribution < 1.29 is 9.47 Å². The van der Waals surface area contributed by atoms with Crippen molar-refractivity contribution in [2.45, 2.75) is 32.6 Å². The van der Waals surface area contributed by atoms with Gasteiger partial charge in [-0.2, -0.15) is 0 Å². The van der Waals surface area contributed by atoms with E-state index in [0.717, 1.165) is 30.9 Å². The lowest BCUT2D eigenvalue weighted by atomic mass is 10.0. The highest BCUT2D eigenvalue weighted by Crippen LogP contribution is 2.26.